The zero-order valence-corrected chi connectivity index (χ0v) is 20.1. The molecule has 1 unspecified atom stereocenters. The maximum atomic E-state index is 12.6. The minimum absolute atomic E-state index is 0.0607. The van der Waals surface area contributed by atoms with Crippen LogP contribution in [0.25, 0.3) is 11.1 Å². The molecule has 1 atom stereocenters. The molecule has 3 rings (SSSR count). The van der Waals surface area contributed by atoms with Crippen molar-refractivity contribution in [1.29, 1.82) is 0 Å². The van der Waals surface area contributed by atoms with Crippen LogP contribution in [-0.4, -0.2) is 23.0 Å². The normalized spacial score (nSPS) is 14.5. The Morgan fingerprint density at radius 1 is 0.970 bits per heavy atom. The summed E-state index contributed by atoms with van der Waals surface area (Å²) in [6, 6.07) is 12.0. The van der Waals surface area contributed by atoms with Gasteiger partial charge >= 0.3 is 6.09 Å². The maximum absolute atomic E-state index is 12.6. The van der Waals surface area contributed by atoms with Crippen molar-refractivity contribution in [2.45, 2.75) is 72.6 Å². The van der Waals surface area contributed by atoms with Gasteiger partial charge < -0.3 is 4.84 Å². The zero-order chi connectivity index (χ0) is 24.0. The zero-order valence-electron chi connectivity index (χ0n) is 20.1. The molecule has 0 aromatic heterocycles. The van der Waals surface area contributed by atoms with E-state index in [-0.39, 0.29) is 12.8 Å². The Hall–Kier alpha value is -3.15. The first-order valence-corrected chi connectivity index (χ1v) is 11.9. The summed E-state index contributed by atoms with van der Waals surface area (Å²) in [5.41, 5.74) is 6.05. The number of benzene rings is 2. The van der Waals surface area contributed by atoms with Crippen LogP contribution in [0.5, 0.6) is 0 Å². The number of aryl methyl sites for hydroxylation is 3. The standard InChI is InChI=1S/C27H34N2O4/c1-5-9-20(6-2)14-15-21-12-7-10-18(3)25(21)26-19(4)11-8-13-22(26)28-27(32)33-29-23(30)16-17-24(29)31/h7-8,10-13,20H,5-6,9,14-17H2,1-4H3,(H,28,32). The molecule has 3 amide bonds. The highest BCUT2D eigenvalue weighted by molar-refractivity contribution is 6.02. The van der Waals surface area contributed by atoms with E-state index in [0.717, 1.165) is 35.1 Å². The van der Waals surface area contributed by atoms with Crippen LogP contribution in [0.1, 0.15) is 69.1 Å². The highest BCUT2D eigenvalue weighted by Gasteiger charge is 2.33. The molecule has 1 saturated heterocycles. The van der Waals surface area contributed by atoms with Crippen molar-refractivity contribution in [1.82, 2.24) is 5.06 Å². The second-order valence-electron chi connectivity index (χ2n) is 8.79. The van der Waals surface area contributed by atoms with Gasteiger partial charge in [0.2, 0.25) is 0 Å². The molecule has 0 aliphatic carbocycles. The summed E-state index contributed by atoms with van der Waals surface area (Å²) < 4.78 is 0. The number of rotatable bonds is 9. The number of nitrogens with zero attached hydrogens (tertiary/aromatic N) is 1. The number of hydrogen-bond acceptors (Lipinski definition) is 4. The fraction of sp³-hybridized carbons (Fsp3) is 0.444. The fourth-order valence-electron chi connectivity index (χ4n) is 4.59. The van der Waals surface area contributed by atoms with Crippen molar-refractivity contribution in [3.05, 3.63) is 53.1 Å². The number of nitrogens with one attached hydrogen (secondary N) is 1. The molecule has 0 saturated carbocycles. The summed E-state index contributed by atoms with van der Waals surface area (Å²) in [5.74, 6) is -0.305. The minimum atomic E-state index is -0.852. The molecule has 1 heterocycles. The third-order valence-electron chi connectivity index (χ3n) is 6.39. The van der Waals surface area contributed by atoms with Crippen molar-refractivity contribution >= 4 is 23.6 Å². The number of carbonyl (C=O) groups excluding carboxylic acids is 3. The van der Waals surface area contributed by atoms with E-state index in [9.17, 15) is 14.4 Å². The molecule has 0 bridgehead atoms. The number of imide groups is 1. The predicted molar refractivity (Wildman–Crippen MR) is 130 cm³/mol. The smallest absolute Gasteiger partial charge is 0.311 e. The van der Waals surface area contributed by atoms with Gasteiger partial charge in [0, 0.05) is 18.4 Å². The highest BCUT2D eigenvalue weighted by atomic mass is 16.7. The molecule has 0 radical (unpaired) electrons. The first kappa shape index (κ1) is 24.5. The lowest BCUT2D eigenvalue weighted by molar-refractivity contribution is -0.170. The Balaban J connectivity index is 1.90. The number of hydrogen-bond donors (Lipinski definition) is 1. The second-order valence-corrected chi connectivity index (χ2v) is 8.79. The Morgan fingerprint density at radius 2 is 1.61 bits per heavy atom. The quantitative estimate of drug-likeness (QED) is 0.452. The van der Waals surface area contributed by atoms with E-state index in [1.807, 2.05) is 25.1 Å². The van der Waals surface area contributed by atoms with Crippen LogP contribution in [0.2, 0.25) is 0 Å². The summed E-state index contributed by atoms with van der Waals surface area (Å²) in [6.07, 6.45) is 4.95. The second kappa shape index (κ2) is 11.1. The van der Waals surface area contributed by atoms with Crippen molar-refractivity contribution in [2.75, 3.05) is 5.32 Å². The van der Waals surface area contributed by atoms with E-state index in [1.54, 1.807) is 0 Å². The van der Waals surface area contributed by atoms with Crippen molar-refractivity contribution in [2.24, 2.45) is 5.92 Å². The van der Waals surface area contributed by atoms with Gasteiger partial charge in [-0.3, -0.25) is 14.9 Å². The van der Waals surface area contributed by atoms with Crippen LogP contribution in [0, 0.1) is 19.8 Å². The van der Waals surface area contributed by atoms with Gasteiger partial charge in [0.05, 0.1) is 5.69 Å². The Labute approximate surface area is 196 Å². The monoisotopic (exact) mass is 450 g/mol. The Morgan fingerprint density at radius 3 is 2.24 bits per heavy atom. The Bertz CT molecular complexity index is 1010. The summed E-state index contributed by atoms with van der Waals surface area (Å²) >= 11 is 0. The predicted octanol–water partition coefficient (Wildman–Crippen LogP) is 6.34. The van der Waals surface area contributed by atoms with Gasteiger partial charge in [0.25, 0.3) is 11.8 Å². The molecule has 176 valence electrons. The van der Waals surface area contributed by atoms with Crippen LogP contribution < -0.4 is 5.32 Å². The first-order valence-electron chi connectivity index (χ1n) is 11.9. The van der Waals surface area contributed by atoms with E-state index in [1.165, 1.54) is 24.8 Å². The molecule has 2 aromatic rings. The van der Waals surface area contributed by atoms with Gasteiger partial charge in [-0.25, -0.2) is 4.79 Å². The molecule has 6 heteroatoms. The van der Waals surface area contributed by atoms with Crippen LogP contribution >= 0.6 is 0 Å². The van der Waals surface area contributed by atoms with Gasteiger partial charge in [0.15, 0.2) is 0 Å². The average molecular weight is 451 g/mol. The molecule has 1 aliphatic heterocycles. The number of anilines is 1. The van der Waals surface area contributed by atoms with Crippen molar-refractivity contribution in [3.8, 4) is 11.1 Å². The minimum Gasteiger partial charge on any atom is -0.311 e. The van der Waals surface area contributed by atoms with E-state index < -0.39 is 17.9 Å². The summed E-state index contributed by atoms with van der Waals surface area (Å²) in [5, 5.41) is 3.32. The van der Waals surface area contributed by atoms with Gasteiger partial charge in [0.1, 0.15) is 0 Å². The molecule has 1 aliphatic rings. The molecule has 1 N–H and O–H groups in total. The first-order chi connectivity index (χ1) is 15.8. The molecular weight excluding hydrogens is 416 g/mol. The molecular formula is C27H34N2O4. The molecule has 6 nitrogen and oxygen atoms in total. The van der Waals surface area contributed by atoms with Crippen LogP contribution in [-0.2, 0) is 20.8 Å². The van der Waals surface area contributed by atoms with Gasteiger partial charge in [-0.1, -0.05) is 63.4 Å². The number of amides is 3. The van der Waals surface area contributed by atoms with Gasteiger partial charge in [-0.15, -0.1) is 5.06 Å². The van der Waals surface area contributed by atoms with E-state index in [2.05, 4.69) is 44.3 Å². The molecule has 33 heavy (non-hydrogen) atoms. The van der Waals surface area contributed by atoms with Crippen LogP contribution in [0.15, 0.2) is 36.4 Å². The average Bonchev–Trinajstić information content (AvgIpc) is 3.09. The SMILES string of the molecule is CCCC(CC)CCc1cccc(C)c1-c1c(C)cccc1NC(=O)ON1C(=O)CCC1=O. The van der Waals surface area contributed by atoms with Crippen molar-refractivity contribution < 1.29 is 19.2 Å². The van der Waals surface area contributed by atoms with E-state index >= 15 is 0 Å². The van der Waals surface area contributed by atoms with Gasteiger partial charge in [-0.05, 0) is 60.9 Å². The third kappa shape index (κ3) is 5.81. The van der Waals surface area contributed by atoms with Crippen LogP contribution in [0.4, 0.5) is 10.5 Å². The highest BCUT2D eigenvalue weighted by Crippen LogP contribution is 2.37. The summed E-state index contributed by atoms with van der Waals surface area (Å²) in [4.78, 5) is 41.2. The lowest BCUT2D eigenvalue weighted by atomic mass is 9.86. The van der Waals surface area contributed by atoms with Gasteiger partial charge in [-0.2, -0.15) is 0 Å². The molecule has 0 spiro atoms. The lowest BCUT2D eigenvalue weighted by Crippen LogP contribution is -2.34. The summed E-state index contributed by atoms with van der Waals surface area (Å²) in [7, 11) is 0. The molecule has 2 aromatic carbocycles. The third-order valence-corrected chi connectivity index (χ3v) is 6.39. The number of carbonyl (C=O) groups is 3. The largest absolute Gasteiger partial charge is 0.436 e. The van der Waals surface area contributed by atoms with Crippen LogP contribution in [0.3, 0.4) is 0 Å². The fourth-order valence-corrected chi connectivity index (χ4v) is 4.59. The van der Waals surface area contributed by atoms with E-state index in [4.69, 9.17) is 4.84 Å². The topological polar surface area (TPSA) is 75.7 Å². The maximum Gasteiger partial charge on any atom is 0.436 e. The van der Waals surface area contributed by atoms with E-state index in [0.29, 0.717) is 16.7 Å². The lowest BCUT2D eigenvalue weighted by Gasteiger charge is -2.21. The Kier molecular flexibility index (Phi) is 8.26. The summed E-state index contributed by atoms with van der Waals surface area (Å²) in [6.45, 7) is 8.58. The van der Waals surface area contributed by atoms with Crippen molar-refractivity contribution in [3.63, 3.8) is 0 Å². The number of hydroxylamine groups is 2. The molecule has 1 fully saturated rings.